The Balaban J connectivity index is 0.00000225. The molecule has 6 heteroatoms. The van der Waals surface area contributed by atoms with Crippen LogP contribution in [0.15, 0.2) is 23.0 Å². The van der Waals surface area contributed by atoms with Crippen LogP contribution in [0.5, 0.6) is 0 Å². The van der Waals surface area contributed by atoms with E-state index in [1.165, 1.54) is 0 Å². The maximum atomic E-state index is 11.5. The third-order valence-corrected chi connectivity index (χ3v) is 2.66. The van der Waals surface area contributed by atoms with E-state index in [4.69, 9.17) is 10.2 Å². The lowest BCUT2D eigenvalue weighted by Crippen LogP contribution is -2.40. The van der Waals surface area contributed by atoms with Crippen molar-refractivity contribution in [2.24, 2.45) is 5.73 Å². The Kier molecular flexibility index (Phi) is 8.15. The highest BCUT2D eigenvalue weighted by Crippen LogP contribution is 2.01. The third kappa shape index (κ3) is 5.44. The highest BCUT2D eigenvalue weighted by Gasteiger charge is 2.12. The van der Waals surface area contributed by atoms with Crippen LogP contribution in [-0.4, -0.2) is 24.0 Å². The first-order valence-corrected chi connectivity index (χ1v) is 6.16. The fourth-order valence-corrected chi connectivity index (χ4v) is 1.58. The minimum absolute atomic E-state index is 0. The molecule has 1 unspecified atom stereocenters. The summed E-state index contributed by atoms with van der Waals surface area (Å²) in [5.41, 5.74) is 6.64. The van der Waals surface area contributed by atoms with Gasteiger partial charge in [0.2, 0.25) is 5.91 Å². The molecule has 1 aromatic rings. The molecular weight excluding hydrogens is 248 g/mol. The molecule has 1 rings (SSSR count). The number of halogens is 1. The Hall–Kier alpha value is -0.650. The number of nitrogens with one attached hydrogen (secondary N) is 1. The van der Waals surface area contributed by atoms with E-state index in [1.54, 1.807) is 24.3 Å². The van der Waals surface area contributed by atoms with Crippen LogP contribution in [0, 0.1) is 0 Å². The molecule has 0 radical (unpaired) electrons. The van der Waals surface area contributed by atoms with Crippen LogP contribution in [0.2, 0.25) is 0 Å². The zero-order valence-corrected chi connectivity index (χ0v) is 10.8. The SMILES string of the molecule is CSCCC(N)C(=O)NCc1ccoc1.Cl. The second kappa shape index (κ2) is 8.50. The number of thioether (sulfide) groups is 1. The maximum Gasteiger partial charge on any atom is 0.237 e. The van der Waals surface area contributed by atoms with E-state index in [0.29, 0.717) is 13.0 Å². The van der Waals surface area contributed by atoms with E-state index in [-0.39, 0.29) is 18.3 Å². The summed E-state index contributed by atoms with van der Waals surface area (Å²) < 4.78 is 4.89. The number of rotatable bonds is 6. The monoisotopic (exact) mass is 264 g/mol. The van der Waals surface area contributed by atoms with Crippen molar-refractivity contribution in [2.45, 2.75) is 19.0 Å². The molecular formula is C10H17ClN2O2S. The summed E-state index contributed by atoms with van der Waals surface area (Å²) in [4.78, 5) is 11.5. The number of furan rings is 1. The van der Waals surface area contributed by atoms with Gasteiger partial charge in [-0.25, -0.2) is 0 Å². The number of nitrogens with two attached hydrogens (primary N) is 1. The molecule has 0 saturated heterocycles. The van der Waals surface area contributed by atoms with Crippen molar-refractivity contribution in [1.29, 1.82) is 0 Å². The first-order chi connectivity index (χ1) is 7.24. The van der Waals surface area contributed by atoms with Gasteiger partial charge in [0.1, 0.15) is 0 Å². The molecule has 0 spiro atoms. The van der Waals surface area contributed by atoms with Crippen molar-refractivity contribution in [3.05, 3.63) is 24.2 Å². The number of amides is 1. The van der Waals surface area contributed by atoms with E-state index >= 15 is 0 Å². The average Bonchev–Trinajstić information content (AvgIpc) is 2.75. The summed E-state index contributed by atoms with van der Waals surface area (Å²) in [6, 6.07) is 1.40. The van der Waals surface area contributed by atoms with Crippen LogP contribution in [0.3, 0.4) is 0 Å². The normalized spacial score (nSPS) is 11.6. The van der Waals surface area contributed by atoms with Gasteiger partial charge < -0.3 is 15.5 Å². The molecule has 1 heterocycles. The van der Waals surface area contributed by atoms with Crippen molar-refractivity contribution in [2.75, 3.05) is 12.0 Å². The summed E-state index contributed by atoms with van der Waals surface area (Å²) >= 11 is 1.69. The van der Waals surface area contributed by atoms with Gasteiger partial charge in [0.25, 0.3) is 0 Å². The first kappa shape index (κ1) is 15.3. The fourth-order valence-electron chi connectivity index (χ4n) is 1.09. The van der Waals surface area contributed by atoms with Gasteiger partial charge in [-0.2, -0.15) is 11.8 Å². The van der Waals surface area contributed by atoms with Gasteiger partial charge in [-0.05, 0) is 24.5 Å². The molecule has 1 amide bonds. The Labute approximate surface area is 106 Å². The summed E-state index contributed by atoms with van der Waals surface area (Å²) in [5, 5.41) is 2.76. The van der Waals surface area contributed by atoms with Gasteiger partial charge in [0.15, 0.2) is 0 Å². The topological polar surface area (TPSA) is 68.3 Å². The van der Waals surface area contributed by atoms with Gasteiger partial charge in [-0.15, -0.1) is 12.4 Å². The van der Waals surface area contributed by atoms with Crippen molar-refractivity contribution in [1.82, 2.24) is 5.32 Å². The molecule has 3 N–H and O–H groups in total. The highest BCUT2D eigenvalue weighted by molar-refractivity contribution is 7.98. The minimum atomic E-state index is -0.413. The number of carbonyl (C=O) groups excluding carboxylic acids is 1. The molecule has 0 fully saturated rings. The predicted molar refractivity (Wildman–Crippen MR) is 68.8 cm³/mol. The van der Waals surface area contributed by atoms with Crippen LogP contribution in [0.4, 0.5) is 0 Å². The van der Waals surface area contributed by atoms with Crippen molar-refractivity contribution in [3.63, 3.8) is 0 Å². The molecule has 0 aliphatic heterocycles. The standard InChI is InChI=1S/C10H16N2O2S.ClH/c1-15-5-3-9(11)10(13)12-6-8-2-4-14-7-8;/h2,4,7,9H,3,5-6,11H2,1H3,(H,12,13);1H. The van der Waals surface area contributed by atoms with Crippen LogP contribution in [0.25, 0.3) is 0 Å². The van der Waals surface area contributed by atoms with Crippen molar-refractivity contribution in [3.8, 4) is 0 Å². The molecule has 4 nitrogen and oxygen atoms in total. The van der Waals surface area contributed by atoms with Gasteiger partial charge in [-0.1, -0.05) is 0 Å². The van der Waals surface area contributed by atoms with E-state index in [9.17, 15) is 4.79 Å². The minimum Gasteiger partial charge on any atom is -0.472 e. The van der Waals surface area contributed by atoms with Crippen molar-refractivity contribution >= 4 is 30.1 Å². The molecule has 0 aliphatic carbocycles. The second-order valence-electron chi connectivity index (χ2n) is 3.24. The van der Waals surface area contributed by atoms with E-state index in [2.05, 4.69) is 5.32 Å². The van der Waals surface area contributed by atoms with Crippen molar-refractivity contribution < 1.29 is 9.21 Å². The lowest BCUT2D eigenvalue weighted by molar-refractivity contribution is -0.122. The second-order valence-corrected chi connectivity index (χ2v) is 4.22. The lowest BCUT2D eigenvalue weighted by Gasteiger charge is -2.10. The van der Waals surface area contributed by atoms with Crippen LogP contribution < -0.4 is 11.1 Å². The number of carbonyl (C=O) groups is 1. The maximum absolute atomic E-state index is 11.5. The molecule has 0 aromatic carbocycles. The van der Waals surface area contributed by atoms with E-state index in [1.807, 2.05) is 12.3 Å². The fraction of sp³-hybridized carbons (Fsp3) is 0.500. The van der Waals surface area contributed by atoms with E-state index < -0.39 is 6.04 Å². The first-order valence-electron chi connectivity index (χ1n) is 4.77. The molecule has 92 valence electrons. The summed E-state index contributed by atoms with van der Waals surface area (Å²) in [6.45, 7) is 0.475. The summed E-state index contributed by atoms with van der Waals surface area (Å²) in [7, 11) is 0. The van der Waals surface area contributed by atoms with Crippen LogP contribution in [-0.2, 0) is 11.3 Å². The highest BCUT2D eigenvalue weighted by atomic mass is 35.5. The zero-order chi connectivity index (χ0) is 11.1. The lowest BCUT2D eigenvalue weighted by atomic mass is 10.2. The Morgan fingerprint density at radius 2 is 2.44 bits per heavy atom. The Morgan fingerprint density at radius 1 is 1.69 bits per heavy atom. The van der Waals surface area contributed by atoms with Gasteiger partial charge in [-0.3, -0.25) is 4.79 Å². The van der Waals surface area contributed by atoms with Crippen LogP contribution >= 0.6 is 24.2 Å². The zero-order valence-electron chi connectivity index (χ0n) is 9.14. The third-order valence-electron chi connectivity index (χ3n) is 2.02. The quantitative estimate of drug-likeness (QED) is 0.815. The number of hydrogen-bond acceptors (Lipinski definition) is 4. The van der Waals surface area contributed by atoms with Gasteiger partial charge in [0, 0.05) is 12.1 Å². The van der Waals surface area contributed by atoms with Gasteiger partial charge >= 0.3 is 0 Å². The van der Waals surface area contributed by atoms with Gasteiger partial charge in [0.05, 0.1) is 18.6 Å². The smallest absolute Gasteiger partial charge is 0.237 e. The van der Waals surface area contributed by atoms with Crippen LogP contribution in [0.1, 0.15) is 12.0 Å². The molecule has 1 atom stereocenters. The molecule has 16 heavy (non-hydrogen) atoms. The van der Waals surface area contributed by atoms with E-state index in [0.717, 1.165) is 11.3 Å². The number of hydrogen-bond donors (Lipinski definition) is 2. The average molecular weight is 265 g/mol. The Bertz CT molecular complexity index is 293. The molecule has 0 bridgehead atoms. The molecule has 1 aromatic heterocycles. The Morgan fingerprint density at radius 3 is 3.00 bits per heavy atom. The summed E-state index contributed by atoms with van der Waals surface area (Å²) in [5.74, 6) is 0.797. The molecule has 0 aliphatic rings. The largest absolute Gasteiger partial charge is 0.472 e. The predicted octanol–water partition coefficient (Wildman–Crippen LogP) is 1.40. The summed E-state index contributed by atoms with van der Waals surface area (Å²) in [6.07, 6.45) is 5.89. The molecule has 0 saturated carbocycles.